The lowest BCUT2D eigenvalue weighted by Gasteiger charge is -2.29. The summed E-state index contributed by atoms with van der Waals surface area (Å²) in [5, 5.41) is 30.7. The molecule has 0 radical (unpaired) electrons. The number of halogens is 6. The number of carboxylic acid groups (broad SMARTS) is 2. The van der Waals surface area contributed by atoms with Crippen LogP contribution >= 0.6 is 0 Å². The molecule has 6 N–H and O–H groups in total. The van der Waals surface area contributed by atoms with Crippen molar-refractivity contribution in [3.05, 3.63) is 70.9 Å². The number of nitrogens with one attached hydrogen (secondary N) is 3. The number of ether oxygens (including phenoxy) is 1. The van der Waals surface area contributed by atoms with Crippen LogP contribution in [-0.4, -0.2) is 69.1 Å². The first-order valence-corrected chi connectivity index (χ1v) is 14.6. The van der Waals surface area contributed by atoms with Crippen molar-refractivity contribution >= 4 is 34.7 Å². The molecule has 3 aromatic rings. The number of aromatic nitrogens is 1. The number of carbonyl (C=O) groups is 4. The smallest absolute Gasteiger partial charge is 0.489 e. The van der Waals surface area contributed by atoms with Gasteiger partial charge in [0, 0.05) is 29.2 Å². The molecule has 3 atom stereocenters. The molecule has 5 rings (SSSR count). The summed E-state index contributed by atoms with van der Waals surface area (Å²) >= 11 is 0. The lowest BCUT2D eigenvalue weighted by atomic mass is 9.93. The topological polar surface area (TPSA) is 187 Å². The minimum atomic E-state index is -5.08. The number of benzene rings is 2. The fourth-order valence-corrected chi connectivity index (χ4v) is 5.34. The number of nitrogens with zero attached hydrogens (tertiary/aromatic N) is 1. The summed E-state index contributed by atoms with van der Waals surface area (Å²) in [4.78, 5) is 47.4. The van der Waals surface area contributed by atoms with Crippen molar-refractivity contribution in [1.82, 2.24) is 21.1 Å². The molecule has 12 nitrogen and oxygen atoms in total. The number of para-hydroxylation sites is 1. The fraction of sp³-hybridized carbons (Fsp3) is 0.387. The van der Waals surface area contributed by atoms with Gasteiger partial charge in [0.15, 0.2) is 0 Å². The molecule has 18 heteroatoms. The van der Waals surface area contributed by atoms with Crippen molar-refractivity contribution in [2.45, 2.75) is 63.7 Å². The number of rotatable bonds is 6. The van der Waals surface area contributed by atoms with Crippen LogP contribution in [0.15, 0.2) is 48.5 Å². The van der Waals surface area contributed by atoms with Crippen LogP contribution in [0, 0.1) is 12.8 Å². The molecule has 1 saturated carbocycles. The number of aryl methyl sites for hydroxylation is 1. The fourth-order valence-electron chi connectivity index (χ4n) is 5.34. The van der Waals surface area contributed by atoms with E-state index in [0.717, 1.165) is 58.3 Å². The van der Waals surface area contributed by atoms with Gasteiger partial charge in [-0.15, -0.1) is 0 Å². The van der Waals surface area contributed by atoms with Crippen molar-refractivity contribution < 1.29 is 65.7 Å². The Hall–Kier alpha value is -4.97. The predicted octanol–water partition coefficient (Wildman–Crippen LogP) is 4.37. The van der Waals surface area contributed by atoms with Gasteiger partial charge in [-0.2, -0.15) is 26.3 Å². The third-order valence-electron chi connectivity index (χ3n) is 7.53. The number of carbonyl (C=O) groups excluding carboxylic acids is 2. The van der Waals surface area contributed by atoms with E-state index in [4.69, 9.17) is 29.7 Å². The third-order valence-corrected chi connectivity index (χ3v) is 7.53. The lowest BCUT2D eigenvalue weighted by molar-refractivity contribution is -0.193. The Bertz CT molecular complexity index is 1640. The van der Waals surface area contributed by atoms with Crippen LogP contribution in [-0.2, 0) is 32.2 Å². The standard InChI is InChI=1S/C27H30N4O4.2C2HF3O2/c1-16-13-18(20-5-2-3-7-23(20)29-16)15-35-19-9-10-21-17(14-19)11-12-28-25(21)27(33)30-24-8-4-6-22(24)26(32)31-34;2*3-2(4,5)1(6)7/h2-3,5,7,9-10,13-14,22,24-25,28,34H,4,6,8,11-12,15H2,1H3,(H,30,33)(H,31,32);2*(H,6,7). The number of amides is 2. The molecule has 1 aliphatic heterocycles. The number of carboxylic acids is 2. The van der Waals surface area contributed by atoms with Gasteiger partial charge in [-0.05, 0) is 61.6 Å². The average molecular weight is 703 g/mol. The lowest BCUT2D eigenvalue weighted by Crippen LogP contribution is -2.48. The molecule has 2 aliphatic rings. The summed E-state index contributed by atoms with van der Waals surface area (Å²) in [5.74, 6) is -5.75. The first-order chi connectivity index (χ1) is 22.9. The molecule has 0 spiro atoms. The second-order valence-electron chi connectivity index (χ2n) is 11.0. The molecule has 2 aromatic carbocycles. The van der Waals surface area contributed by atoms with Crippen molar-refractivity contribution in [2.75, 3.05) is 6.54 Å². The number of fused-ring (bicyclic) bond motifs is 2. The molecule has 0 bridgehead atoms. The Morgan fingerprint density at radius 2 is 1.57 bits per heavy atom. The highest BCUT2D eigenvalue weighted by Crippen LogP contribution is 2.30. The first-order valence-electron chi connectivity index (χ1n) is 14.6. The molecule has 266 valence electrons. The molecule has 1 aromatic heterocycles. The minimum Gasteiger partial charge on any atom is -0.489 e. The molecule has 1 fully saturated rings. The van der Waals surface area contributed by atoms with Crippen LogP contribution < -0.4 is 20.9 Å². The Morgan fingerprint density at radius 1 is 0.939 bits per heavy atom. The number of hydrogen-bond acceptors (Lipinski definition) is 8. The van der Waals surface area contributed by atoms with Gasteiger partial charge in [0.25, 0.3) is 0 Å². The highest BCUT2D eigenvalue weighted by molar-refractivity contribution is 5.86. The van der Waals surface area contributed by atoms with E-state index in [1.807, 2.05) is 43.3 Å². The van der Waals surface area contributed by atoms with Gasteiger partial charge in [-0.3, -0.25) is 19.8 Å². The summed E-state index contributed by atoms with van der Waals surface area (Å²) in [6.07, 6.45) is -7.16. The number of hydrogen-bond donors (Lipinski definition) is 6. The first kappa shape index (κ1) is 38.5. The zero-order valence-electron chi connectivity index (χ0n) is 25.7. The number of aliphatic carboxylic acids is 2. The largest absolute Gasteiger partial charge is 0.490 e. The highest BCUT2D eigenvalue weighted by atomic mass is 19.4. The summed E-state index contributed by atoms with van der Waals surface area (Å²) in [6.45, 7) is 3.09. The molecule has 3 unspecified atom stereocenters. The van der Waals surface area contributed by atoms with Crippen LogP contribution in [0.25, 0.3) is 10.9 Å². The van der Waals surface area contributed by atoms with Crippen LogP contribution in [0.3, 0.4) is 0 Å². The number of alkyl halides is 6. The van der Waals surface area contributed by atoms with Crippen LogP contribution in [0.1, 0.15) is 47.7 Å². The molecular formula is C31H32F6N4O8. The zero-order valence-corrected chi connectivity index (χ0v) is 25.7. The zero-order chi connectivity index (χ0) is 36.5. The predicted molar refractivity (Wildman–Crippen MR) is 158 cm³/mol. The number of pyridine rings is 1. The van der Waals surface area contributed by atoms with E-state index < -0.39 is 42.2 Å². The normalized spacial score (nSPS) is 18.5. The maximum Gasteiger partial charge on any atom is 0.490 e. The van der Waals surface area contributed by atoms with Gasteiger partial charge in [0.2, 0.25) is 11.8 Å². The van der Waals surface area contributed by atoms with Crippen LogP contribution in [0.4, 0.5) is 26.3 Å². The van der Waals surface area contributed by atoms with Gasteiger partial charge >= 0.3 is 24.3 Å². The molecule has 0 saturated heterocycles. The second kappa shape index (κ2) is 16.4. The molecule has 2 heterocycles. The maximum absolute atomic E-state index is 13.1. The van der Waals surface area contributed by atoms with Gasteiger partial charge in [0.05, 0.1) is 11.4 Å². The van der Waals surface area contributed by atoms with Gasteiger partial charge in [0.1, 0.15) is 18.4 Å². The van der Waals surface area contributed by atoms with Crippen LogP contribution in [0.2, 0.25) is 0 Å². The molecule has 49 heavy (non-hydrogen) atoms. The van der Waals surface area contributed by atoms with Crippen molar-refractivity contribution in [2.24, 2.45) is 5.92 Å². The maximum atomic E-state index is 13.1. The van der Waals surface area contributed by atoms with Crippen molar-refractivity contribution in [3.63, 3.8) is 0 Å². The summed E-state index contributed by atoms with van der Waals surface area (Å²) in [6, 6.07) is 15.2. The van der Waals surface area contributed by atoms with Crippen molar-refractivity contribution in [1.29, 1.82) is 0 Å². The monoisotopic (exact) mass is 702 g/mol. The second-order valence-corrected chi connectivity index (χ2v) is 11.0. The SMILES string of the molecule is Cc1cc(COc2ccc3c(c2)CCNC3C(=O)NC2CCCC2C(=O)NO)c2ccccc2n1.O=C(O)C(F)(F)F.O=C(O)C(F)(F)F. The third kappa shape index (κ3) is 10.8. The van der Waals surface area contributed by atoms with Gasteiger partial charge in [-0.1, -0.05) is 30.7 Å². The summed E-state index contributed by atoms with van der Waals surface area (Å²) in [7, 11) is 0. The molecular weight excluding hydrogens is 670 g/mol. The van der Waals surface area contributed by atoms with E-state index in [-0.39, 0.29) is 11.9 Å². The van der Waals surface area contributed by atoms with Crippen molar-refractivity contribution in [3.8, 4) is 5.75 Å². The van der Waals surface area contributed by atoms with E-state index in [0.29, 0.717) is 19.6 Å². The Balaban J connectivity index is 0.000000392. The molecule has 2 amide bonds. The van der Waals surface area contributed by atoms with Gasteiger partial charge < -0.3 is 25.6 Å². The Morgan fingerprint density at radius 3 is 2.18 bits per heavy atom. The van der Waals surface area contributed by atoms with E-state index in [1.165, 1.54) is 0 Å². The number of hydroxylamine groups is 1. The van der Waals surface area contributed by atoms with E-state index in [2.05, 4.69) is 27.8 Å². The molecule has 1 aliphatic carbocycles. The average Bonchev–Trinajstić information content (AvgIpc) is 3.50. The van der Waals surface area contributed by atoms with E-state index in [9.17, 15) is 35.9 Å². The van der Waals surface area contributed by atoms with E-state index in [1.54, 1.807) is 5.48 Å². The Kier molecular flexibility index (Phi) is 12.9. The minimum absolute atomic E-state index is 0.152. The van der Waals surface area contributed by atoms with Crippen LogP contribution in [0.5, 0.6) is 5.75 Å². The summed E-state index contributed by atoms with van der Waals surface area (Å²) < 4.78 is 69.6. The highest BCUT2D eigenvalue weighted by Gasteiger charge is 2.39. The summed E-state index contributed by atoms with van der Waals surface area (Å²) in [5.41, 5.74) is 6.72. The van der Waals surface area contributed by atoms with E-state index >= 15 is 0 Å². The Labute approximate surface area is 274 Å². The quantitative estimate of drug-likeness (QED) is 0.122. The van der Waals surface area contributed by atoms with Gasteiger partial charge in [-0.25, -0.2) is 15.1 Å².